The zero-order valence-electron chi connectivity index (χ0n) is 12.4. The molecule has 1 aliphatic rings. The number of nitrogens with two attached hydrogens (primary N) is 1. The van der Waals surface area contributed by atoms with Gasteiger partial charge in [-0.05, 0) is 25.5 Å². The van der Waals surface area contributed by atoms with E-state index < -0.39 is 0 Å². The van der Waals surface area contributed by atoms with Crippen LogP contribution in [-0.4, -0.2) is 34.6 Å². The summed E-state index contributed by atoms with van der Waals surface area (Å²) >= 11 is 2.01. The molecule has 1 saturated heterocycles. The van der Waals surface area contributed by atoms with Crippen LogP contribution in [-0.2, 0) is 0 Å². The molecule has 0 aliphatic carbocycles. The molecule has 1 aromatic rings. The third kappa shape index (κ3) is 3.39. The molecule has 1 aromatic carbocycles. The number of nitrogens with zero attached hydrogens (tertiary/aromatic N) is 2. The summed E-state index contributed by atoms with van der Waals surface area (Å²) < 4.78 is 0.316. The van der Waals surface area contributed by atoms with Gasteiger partial charge >= 0.3 is 0 Å². The fraction of sp³-hybridized carbons (Fsp3) is 0.533. The van der Waals surface area contributed by atoms with Crippen molar-refractivity contribution in [1.82, 2.24) is 0 Å². The van der Waals surface area contributed by atoms with Crippen LogP contribution in [0.2, 0.25) is 0 Å². The first-order valence-electron chi connectivity index (χ1n) is 6.90. The van der Waals surface area contributed by atoms with Gasteiger partial charge in [-0.2, -0.15) is 11.8 Å². The number of hydrogen-bond donors (Lipinski definition) is 2. The summed E-state index contributed by atoms with van der Waals surface area (Å²) in [6.45, 7) is 8.58. The number of benzene rings is 1. The van der Waals surface area contributed by atoms with E-state index in [1.54, 1.807) is 0 Å². The maximum absolute atomic E-state index is 8.98. The van der Waals surface area contributed by atoms with E-state index in [2.05, 4.69) is 36.0 Å². The highest BCUT2D eigenvalue weighted by molar-refractivity contribution is 8.00. The van der Waals surface area contributed by atoms with Crippen LogP contribution in [0, 0.1) is 6.92 Å². The van der Waals surface area contributed by atoms with Gasteiger partial charge in [0.05, 0.1) is 0 Å². The Kier molecular flexibility index (Phi) is 4.48. The molecule has 0 aromatic heterocycles. The molecule has 110 valence electrons. The van der Waals surface area contributed by atoms with Crippen molar-refractivity contribution in [1.29, 1.82) is 0 Å². The molecule has 0 radical (unpaired) electrons. The minimum absolute atomic E-state index is 0.180. The van der Waals surface area contributed by atoms with Crippen molar-refractivity contribution in [3.05, 3.63) is 29.3 Å². The zero-order chi connectivity index (χ0) is 14.8. The van der Waals surface area contributed by atoms with Gasteiger partial charge in [0.25, 0.3) is 0 Å². The molecule has 0 atom stereocenters. The van der Waals surface area contributed by atoms with Crippen LogP contribution in [0.1, 0.15) is 31.4 Å². The molecular weight excluding hydrogens is 270 g/mol. The molecule has 0 bridgehead atoms. The van der Waals surface area contributed by atoms with Crippen LogP contribution >= 0.6 is 11.8 Å². The Morgan fingerprint density at radius 2 is 2.15 bits per heavy atom. The third-order valence-electron chi connectivity index (χ3n) is 3.71. The maximum Gasteiger partial charge on any atom is 0.172 e. The normalized spacial score (nSPS) is 19.8. The van der Waals surface area contributed by atoms with E-state index in [1.165, 1.54) is 0 Å². The van der Waals surface area contributed by atoms with E-state index in [1.807, 2.05) is 24.8 Å². The molecular formula is C15H23N3OS. The Labute approximate surface area is 125 Å². The molecule has 2 rings (SSSR count). The fourth-order valence-corrected chi connectivity index (χ4v) is 3.55. The van der Waals surface area contributed by atoms with E-state index >= 15 is 0 Å². The zero-order valence-corrected chi connectivity index (χ0v) is 13.2. The number of thioether (sulfide) groups is 1. The Morgan fingerprint density at radius 3 is 2.85 bits per heavy atom. The molecule has 0 amide bonds. The predicted molar refractivity (Wildman–Crippen MR) is 87.1 cm³/mol. The van der Waals surface area contributed by atoms with Gasteiger partial charge in [-0.15, -0.1) is 0 Å². The van der Waals surface area contributed by atoms with Crippen LogP contribution < -0.4 is 10.6 Å². The Hall–Kier alpha value is -1.36. The van der Waals surface area contributed by atoms with Crippen molar-refractivity contribution in [2.24, 2.45) is 10.9 Å². The highest BCUT2D eigenvalue weighted by Crippen LogP contribution is 2.33. The first kappa shape index (κ1) is 15.0. The second-order valence-corrected chi connectivity index (χ2v) is 7.65. The van der Waals surface area contributed by atoms with E-state index in [4.69, 9.17) is 10.9 Å². The van der Waals surface area contributed by atoms with E-state index in [-0.39, 0.29) is 5.84 Å². The monoisotopic (exact) mass is 293 g/mol. The highest BCUT2D eigenvalue weighted by atomic mass is 32.2. The van der Waals surface area contributed by atoms with Crippen LogP contribution in [0.3, 0.4) is 0 Å². The van der Waals surface area contributed by atoms with Crippen molar-refractivity contribution in [3.63, 3.8) is 0 Å². The number of amidine groups is 1. The lowest BCUT2D eigenvalue weighted by Crippen LogP contribution is -2.29. The minimum atomic E-state index is 0.180. The molecule has 3 N–H and O–H groups in total. The van der Waals surface area contributed by atoms with Gasteiger partial charge in [0.15, 0.2) is 5.84 Å². The van der Waals surface area contributed by atoms with Crippen LogP contribution in [0.5, 0.6) is 0 Å². The topological polar surface area (TPSA) is 61.8 Å². The average Bonchev–Trinajstić information content (AvgIpc) is 2.59. The van der Waals surface area contributed by atoms with Gasteiger partial charge in [-0.3, -0.25) is 0 Å². The minimum Gasteiger partial charge on any atom is -0.409 e. The SMILES string of the molecule is Cc1ccc(N2CCSC(C)(C)CC2)c(/C(N)=N/O)c1. The second kappa shape index (κ2) is 5.95. The van der Waals surface area contributed by atoms with E-state index in [0.29, 0.717) is 4.75 Å². The number of rotatable bonds is 2. The Balaban J connectivity index is 2.32. The van der Waals surface area contributed by atoms with Crippen molar-refractivity contribution in [2.75, 3.05) is 23.7 Å². The first-order valence-corrected chi connectivity index (χ1v) is 7.89. The number of hydrogen-bond acceptors (Lipinski definition) is 4. The highest BCUT2D eigenvalue weighted by Gasteiger charge is 2.25. The van der Waals surface area contributed by atoms with Gasteiger partial charge in [0.1, 0.15) is 0 Å². The van der Waals surface area contributed by atoms with Crippen molar-refractivity contribution < 1.29 is 5.21 Å². The first-order chi connectivity index (χ1) is 9.43. The smallest absolute Gasteiger partial charge is 0.172 e. The van der Waals surface area contributed by atoms with Gasteiger partial charge in [-0.1, -0.05) is 30.6 Å². The van der Waals surface area contributed by atoms with Crippen molar-refractivity contribution in [2.45, 2.75) is 31.9 Å². The van der Waals surface area contributed by atoms with Crippen molar-refractivity contribution >= 4 is 23.3 Å². The molecule has 1 fully saturated rings. The van der Waals surface area contributed by atoms with Crippen LogP contribution in [0.25, 0.3) is 0 Å². The molecule has 0 spiro atoms. The van der Waals surface area contributed by atoms with Crippen LogP contribution in [0.4, 0.5) is 5.69 Å². The fourth-order valence-electron chi connectivity index (χ4n) is 2.45. The van der Waals surface area contributed by atoms with Gasteiger partial charge in [-0.25, -0.2) is 0 Å². The molecule has 1 aliphatic heterocycles. The Morgan fingerprint density at radius 1 is 1.40 bits per heavy atom. The van der Waals surface area contributed by atoms with E-state index in [9.17, 15) is 0 Å². The molecule has 0 saturated carbocycles. The molecule has 0 unspecified atom stereocenters. The lowest BCUT2D eigenvalue weighted by atomic mass is 10.1. The summed E-state index contributed by atoms with van der Waals surface area (Å²) in [6.07, 6.45) is 1.13. The molecule has 1 heterocycles. The molecule has 5 heteroatoms. The predicted octanol–water partition coefficient (Wildman–Crippen LogP) is 2.81. The quantitative estimate of drug-likeness (QED) is 0.381. The number of oxime groups is 1. The largest absolute Gasteiger partial charge is 0.409 e. The summed E-state index contributed by atoms with van der Waals surface area (Å²) in [7, 11) is 0. The standard InChI is InChI=1S/C15H23N3OS/c1-11-4-5-13(12(10-11)14(16)17-19)18-7-6-15(2,3)20-9-8-18/h4-5,10,19H,6-9H2,1-3H3,(H2,16,17). The Bertz CT molecular complexity index is 514. The van der Waals surface area contributed by atoms with Crippen molar-refractivity contribution in [3.8, 4) is 0 Å². The maximum atomic E-state index is 8.98. The number of aryl methyl sites for hydroxylation is 1. The summed E-state index contributed by atoms with van der Waals surface area (Å²) in [5, 5.41) is 12.2. The lowest BCUT2D eigenvalue weighted by Gasteiger charge is -2.26. The van der Waals surface area contributed by atoms with Gasteiger partial charge in [0.2, 0.25) is 0 Å². The van der Waals surface area contributed by atoms with Gasteiger partial charge < -0.3 is 15.8 Å². The molecule has 20 heavy (non-hydrogen) atoms. The van der Waals surface area contributed by atoms with Crippen LogP contribution in [0.15, 0.2) is 23.4 Å². The molecule has 4 nitrogen and oxygen atoms in total. The third-order valence-corrected chi connectivity index (χ3v) is 5.09. The number of anilines is 1. The summed E-state index contributed by atoms with van der Waals surface area (Å²) in [5.74, 6) is 1.27. The summed E-state index contributed by atoms with van der Waals surface area (Å²) in [5.41, 5.74) is 8.82. The average molecular weight is 293 g/mol. The lowest BCUT2D eigenvalue weighted by molar-refractivity contribution is 0.318. The second-order valence-electron chi connectivity index (χ2n) is 5.85. The summed E-state index contributed by atoms with van der Waals surface area (Å²) in [4.78, 5) is 2.34. The van der Waals surface area contributed by atoms with Gasteiger partial charge in [0, 0.05) is 34.8 Å². The summed E-state index contributed by atoms with van der Waals surface area (Å²) in [6, 6.07) is 6.13. The van der Waals surface area contributed by atoms with E-state index in [0.717, 1.165) is 42.1 Å².